The fourth-order valence-electron chi connectivity index (χ4n) is 2.62. The van der Waals surface area contributed by atoms with E-state index in [4.69, 9.17) is 0 Å². The first-order chi connectivity index (χ1) is 8.68. The summed E-state index contributed by atoms with van der Waals surface area (Å²) < 4.78 is 0. The van der Waals surface area contributed by atoms with Crippen LogP contribution in [-0.2, 0) is 6.54 Å². The van der Waals surface area contributed by atoms with Gasteiger partial charge in [-0.15, -0.1) is 0 Å². The van der Waals surface area contributed by atoms with Crippen LogP contribution in [0.5, 0.6) is 0 Å². The lowest BCUT2D eigenvalue weighted by Crippen LogP contribution is -2.62. The predicted octanol–water partition coefficient (Wildman–Crippen LogP) is 2.43. The highest BCUT2D eigenvalue weighted by atomic mass is 15.3. The lowest BCUT2D eigenvalue weighted by atomic mass is 9.91. The second-order valence-electron chi connectivity index (χ2n) is 5.58. The molecule has 1 aliphatic heterocycles. The lowest BCUT2D eigenvalue weighted by molar-refractivity contribution is 0.0407. The van der Waals surface area contributed by atoms with Crippen molar-refractivity contribution in [1.29, 1.82) is 0 Å². The minimum atomic E-state index is 0.265. The molecule has 2 unspecified atom stereocenters. The van der Waals surface area contributed by atoms with Crippen molar-refractivity contribution in [2.75, 3.05) is 13.1 Å². The zero-order valence-corrected chi connectivity index (χ0v) is 11.8. The van der Waals surface area contributed by atoms with Crippen molar-refractivity contribution in [2.45, 2.75) is 51.7 Å². The Labute approximate surface area is 111 Å². The van der Waals surface area contributed by atoms with E-state index in [0.717, 1.165) is 19.6 Å². The van der Waals surface area contributed by atoms with Crippen molar-refractivity contribution in [3.63, 3.8) is 0 Å². The van der Waals surface area contributed by atoms with Gasteiger partial charge in [0, 0.05) is 43.6 Å². The molecule has 0 radical (unpaired) electrons. The number of hydrogen-bond acceptors (Lipinski definition) is 3. The number of aromatic nitrogens is 1. The van der Waals surface area contributed by atoms with Crippen molar-refractivity contribution >= 4 is 0 Å². The van der Waals surface area contributed by atoms with Gasteiger partial charge in [-0.2, -0.15) is 0 Å². The van der Waals surface area contributed by atoms with Gasteiger partial charge >= 0.3 is 0 Å². The van der Waals surface area contributed by atoms with Crippen LogP contribution in [0, 0.1) is 0 Å². The molecule has 0 bridgehead atoms. The van der Waals surface area contributed by atoms with Crippen LogP contribution in [0.4, 0.5) is 0 Å². The summed E-state index contributed by atoms with van der Waals surface area (Å²) >= 11 is 0. The zero-order chi connectivity index (χ0) is 13.0. The van der Waals surface area contributed by atoms with Gasteiger partial charge in [0.05, 0.1) is 0 Å². The molecule has 0 saturated carbocycles. The molecule has 2 rings (SSSR count). The summed E-state index contributed by atoms with van der Waals surface area (Å²) in [4.78, 5) is 6.84. The largest absolute Gasteiger partial charge is 0.311 e. The van der Waals surface area contributed by atoms with Gasteiger partial charge in [-0.25, -0.2) is 0 Å². The standard InChI is InChI=1S/C15H25N3/c1-4-14-11-18(15(3,5-2)12-17-14)10-13-7-6-8-16-9-13/h6-9,14,17H,4-5,10-12H2,1-3H3. The highest BCUT2D eigenvalue weighted by molar-refractivity contribution is 5.10. The number of nitrogens with zero attached hydrogens (tertiary/aromatic N) is 2. The first-order valence-corrected chi connectivity index (χ1v) is 7.05. The molecule has 0 aliphatic carbocycles. The van der Waals surface area contributed by atoms with Gasteiger partial charge in [-0.05, 0) is 31.4 Å². The third-order valence-electron chi connectivity index (χ3n) is 4.33. The number of piperazine rings is 1. The van der Waals surface area contributed by atoms with Gasteiger partial charge in [0.25, 0.3) is 0 Å². The Balaban J connectivity index is 2.10. The maximum Gasteiger partial charge on any atom is 0.0312 e. The van der Waals surface area contributed by atoms with Crippen molar-refractivity contribution in [3.05, 3.63) is 30.1 Å². The first-order valence-electron chi connectivity index (χ1n) is 7.05. The van der Waals surface area contributed by atoms with E-state index in [9.17, 15) is 0 Å². The summed E-state index contributed by atoms with van der Waals surface area (Å²) in [6, 6.07) is 4.82. The summed E-state index contributed by atoms with van der Waals surface area (Å²) in [7, 11) is 0. The molecule has 3 heteroatoms. The van der Waals surface area contributed by atoms with Crippen molar-refractivity contribution in [2.24, 2.45) is 0 Å². The van der Waals surface area contributed by atoms with Crippen LogP contribution in [-0.4, -0.2) is 34.6 Å². The third-order valence-corrected chi connectivity index (χ3v) is 4.33. The molecule has 3 nitrogen and oxygen atoms in total. The van der Waals surface area contributed by atoms with E-state index in [1.165, 1.54) is 18.4 Å². The predicted molar refractivity (Wildman–Crippen MR) is 75.4 cm³/mol. The molecule has 0 aromatic carbocycles. The van der Waals surface area contributed by atoms with Gasteiger partial charge in [-0.3, -0.25) is 9.88 Å². The summed E-state index contributed by atoms with van der Waals surface area (Å²) in [5.41, 5.74) is 1.58. The van der Waals surface area contributed by atoms with Gasteiger partial charge < -0.3 is 5.32 Å². The molecule has 2 heterocycles. The molecular weight excluding hydrogens is 222 g/mol. The molecule has 1 aliphatic rings. The molecular formula is C15H25N3. The molecule has 1 aromatic heterocycles. The van der Waals surface area contributed by atoms with E-state index < -0.39 is 0 Å². The van der Waals surface area contributed by atoms with Crippen molar-refractivity contribution in [1.82, 2.24) is 15.2 Å². The second-order valence-corrected chi connectivity index (χ2v) is 5.58. The second kappa shape index (κ2) is 5.81. The monoisotopic (exact) mass is 247 g/mol. The SMILES string of the molecule is CCC1CN(Cc2cccnc2)C(C)(CC)CN1. The van der Waals surface area contributed by atoms with E-state index in [-0.39, 0.29) is 5.54 Å². The maximum absolute atomic E-state index is 4.22. The Hall–Kier alpha value is -0.930. The average molecular weight is 247 g/mol. The van der Waals surface area contributed by atoms with E-state index in [1.807, 2.05) is 18.5 Å². The Morgan fingerprint density at radius 2 is 2.33 bits per heavy atom. The minimum absolute atomic E-state index is 0.265. The minimum Gasteiger partial charge on any atom is -0.311 e. The molecule has 1 aromatic rings. The molecule has 0 amide bonds. The molecule has 1 N–H and O–H groups in total. The van der Waals surface area contributed by atoms with E-state index >= 15 is 0 Å². The quantitative estimate of drug-likeness (QED) is 0.885. The Morgan fingerprint density at radius 3 is 2.94 bits per heavy atom. The first kappa shape index (κ1) is 13.5. The Morgan fingerprint density at radius 1 is 1.50 bits per heavy atom. The lowest BCUT2D eigenvalue weighted by Gasteiger charge is -2.48. The van der Waals surface area contributed by atoms with Crippen LogP contribution < -0.4 is 5.32 Å². The normalized spacial score (nSPS) is 29.4. The smallest absolute Gasteiger partial charge is 0.0312 e. The van der Waals surface area contributed by atoms with E-state index in [0.29, 0.717) is 6.04 Å². The van der Waals surface area contributed by atoms with Crippen molar-refractivity contribution in [3.8, 4) is 0 Å². The molecule has 0 spiro atoms. The molecule has 2 atom stereocenters. The maximum atomic E-state index is 4.22. The summed E-state index contributed by atoms with van der Waals surface area (Å²) in [6.45, 7) is 10.1. The fraction of sp³-hybridized carbons (Fsp3) is 0.667. The van der Waals surface area contributed by atoms with Crippen LogP contribution in [0.1, 0.15) is 39.2 Å². The third kappa shape index (κ3) is 2.90. The molecule has 1 saturated heterocycles. The Kier molecular flexibility index (Phi) is 4.36. The van der Waals surface area contributed by atoms with Crippen molar-refractivity contribution < 1.29 is 0 Å². The highest BCUT2D eigenvalue weighted by Gasteiger charge is 2.35. The summed E-state index contributed by atoms with van der Waals surface area (Å²) in [5, 5.41) is 3.67. The van der Waals surface area contributed by atoms with E-state index in [1.54, 1.807) is 0 Å². The van der Waals surface area contributed by atoms with Gasteiger partial charge in [0.15, 0.2) is 0 Å². The number of pyridine rings is 1. The number of hydrogen-bond donors (Lipinski definition) is 1. The van der Waals surface area contributed by atoms with Crippen LogP contribution in [0.25, 0.3) is 0 Å². The zero-order valence-electron chi connectivity index (χ0n) is 11.8. The number of nitrogens with one attached hydrogen (secondary N) is 1. The molecule has 100 valence electrons. The highest BCUT2D eigenvalue weighted by Crippen LogP contribution is 2.25. The topological polar surface area (TPSA) is 28.2 Å². The van der Waals surface area contributed by atoms with Crippen LogP contribution in [0.2, 0.25) is 0 Å². The summed E-state index contributed by atoms with van der Waals surface area (Å²) in [5.74, 6) is 0. The van der Waals surface area contributed by atoms with E-state index in [2.05, 4.69) is 42.0 Å². The fourth-order valence-corrected chi connectivity index (χ4v) is 2.62. The van der Waals surface area contributed by atoms with Gasteiger partial charge in [0.2, 0.25) is 0 Å². The van der Waals surface area contributed by atoms with Crippen LogP contribution >= 0.6 is 0 Å². The molecule has 18 heavy (non-hydrogen) atoms. The van der Waals surface area contributed by atoms with Crippen LogP contribution in [0.3, 0.4) is 0 Å². The number of rotatable bonds is 4. The van der Waals surface area contributed by atoms with Crippen LogP contribution in [0.15, 0.2) is 24.5 Å². The van der Waals surface area contributed by atoms with Gasteiger partial charge in [0.1, 0.15) is 0 Å². The Bertz CT molecular complexity index is 365. The average Bonchev–Trinajstić information content (AvgIpc) is 2.42. The summed E-state index contributed by atoms with van der Waals surface area (Å²) in [6.07, 6.45) is 6.20. The van der Waals surface area contributed by atoms with Gasteiger partial charge in [-0.1, -0.05) is 19.9 Å². The molecule has 1 fully saturated rings.